The average Bonchev–Trinajstić information content (AvgIpc) is 2.99. The summed E-state index contributed by atoms with van der Waals surface area (Å²) in [7, 11) is 0. The highest BCUT2D eigenvalue weighted by atomic mass is 19.1. The molecule has 0 spiro atoms. The van der Waals surface area contributed by atoms with Crippen LogP contribution < -0.4 is 5.73 Å². The van der Waals surface area contributed by atoms with Gasteiger partial charge in [-0.05, 0) is 60.7 Å². The van der Waals surface area contributed by atoms with E-state index in [4.69, 9.17) is 5.73 Å². The van der Waals surface area contributed by atoms with Crippen LogP contribution >= 0.6 is 0 Å². The van der Waals surface area contributed by atoms with E-state index >= 15 is 0 Å². The van der Waals surface area contributed by atoms with Crippen LogP contribution in [0.15, 0.2) is 60.7 Å². The lowest BCUT2D eigenvalue weighted by molar-refractivity contribution is 0.628. The highest BCUT2D eigenvalue weighted by Crippen LogP contribution is 2.22. The van der Waals surface area contributed by atoms with Gasteiger partial charge in [0, 0.05) is 16.8 Å². The van der Waals surface area contributed by atoms with E-state index in [0.717, 1.165) is 11.1 Å². The Balaban J connectivity index is 1.86. The molecule has 0 bridgehead atoms. The SMILES string of the molecule is Nc1ccc(-c2nnc3ccc(-c4ccc(F)cc4)nn23)cc1. The predicted molar refractivity (Wildman–Crippen MR) is 86.0 cm³/mol. The highest BCUT2D eigenvalue weighted by molar-refractivity contribution is 5.64. The summed E-state index contributed by atoms with van der Waals surface area (Å²) in [6.07, 6.45) is 0. The average molecular weight is 305 g/mol. The minimum absolute atomic E-state index is 0.276. The van der Waals surface area contributed by atoms with Crippen molar-refractivity contribution in [2.45, 2.75) is 0 Å². The van der Waals surface area contributed by atoms with Crippen LogP contribution in [0.3, 0.4) is 0 Å². The van der Waals surface area contributed by atoms with Crippen molar-refractivity contribution in [1.29, 1.82) is 0 Å². The first-order chi connectivity index (χ1) is 11.2. The lowest BCUT2D eigenvalue weighted by atomic mass is 10.1. The van der Waals surface area contributed by atoms with Gasteiger partial charge in [-0.15, -0.1) is 10.2 Å². The predicted octanol–water partition coefficient (Wildman–Crippen LogP) is 3.18. The molecule has 0 fully saturated rings. The van der Waals surface area contributed by atoms with Gasteiger partial charge in [0.1, 0.15) is 5.82 Å². The summed E-state index contributed by atoms with van der Waals surface area (Å²) in [5.41, 5.74) is 9.45. The molecule has 2 N–H and O–H groups in total. The number of nitrogens with zero attached hydrogens (tertiary/aromatic N) is 4. The van der Waals surface area contributed by atoms with Crippen molar-refractivity contribution in [3.63, 3.8) is 0 Å². The number of benzene rings is 2. The summed E-state index contributed by atoms with van der Waals surface area (Å²) >= 11 is 0. The summed E-state index contributed by atoms with van der Waals surface area (Å²) in [4.78, 5) is 0. The van der Waals surface area contributed by atoms with E-state index in [1.165, 1.54) is 12.1 Å². The Morgan fingerprint density at radius 3 is 2.22 bits per heavy atom. The molecule has 0 aliphatic rings. The molecule has 6 heteroatoms. The van der Waals surface area contributed by atoms with Crippen molar-refractivity contribution in [1.82, 2.24) is 19.8 Å². The van der Waals surface area contributed by atoms with Gasteiger partial charge in [0.25, 0.3) is 0 Å². The van der Waals surface area contributed by atoms with Crippen LogP contribution in [0.2, 0.25) is 0 Å². The van der Waals surface area contributed by atoms with E-state index < -0.39 is 0 Å². The molecule has 0 aliphatic heterocycles. The molecule has 23 heavy (non-hydrogen) atoms. The number of anilines is 1. The van der Waals surface area contributed by atoms with Crippen LogP contribution in [0.5, 0.6) is 0 Å². The van der Waals surface area contributed by atoms with Crippen LogP contribution in [0.4, 0.5) is 10.1 Å². The number of fused-ring (bicyclic) bond motifs is 1. The van der Waals surface area contributed by atoms with Gasteiger partial charge in [-0.1, -0.05) is 0 Å². The van der Waals surface area contributed by atoms with E-state index in [1.807, 2.05) is 24.3 Å². The maximum absolute atomic E-state index is 13.1. The Hall–Kier alpha value is -3.28. The van der Waals surface area contributed by atoms with Gasteiger partial charge >= 0.3 is 0 Å². The molecule has 5 nitrogen and oxygen atoms in total. The van der Waals surface area contributed by atoms with Crippen LogP contribution in [0.25, 0.3) is 28.3 Å². The molecule has 0 radical (unpaired) electrons. The first-order valence-electron chi connectivity index (χ1n) is 7.05. The summed E-state index contributed by atoms with van der Waals surface area (Å²) in [6, 6.07) is 17.2. The smallest absolute Gasteiger partial charge is 0.185 e. The Morgan fingerprint density at radius 1 is 0.783 bits per heavy atom. The third-order valence-electron chi connectivity index (χ3n) is 3.57. The molecule has 0 amide bonds. The van der Waals surface area contributed by atoms with Gasteiger partial charge in [-0.3, -0.25) is 0 Å². The Bertz CT molecular complexity index is 974. The quantitative estimate of drug-likeness (QED) is 0.577. The first-order valence-corrected chi connectivity index (χ1v) is 7.05. The van der Waals surface area contributed by atoms with Gasteiger partial charge in [0.05, 0.1) is 5.69 Å². The van der Waals surface area contributed by atoms with E-state index in [9.17, 15) is 4.39 Å². The maximum Gasteiger partial charge on any atom is 0.185 e. The molecule has 0 atom stereocenters. The Morgan fingerprint density at radius 2 is 1.48 bits per heavy atom. The zero-order valence-corrected chi connectivity index (χ0v) is 12.0. The second-order valence-corrected chi connectivity index (χ2v) is 5.14. The second kappa shape index (κ2) is 5.17. The van der Waals surface area contributed by atoms with Crippen LogP contribution in [-0.2, 0) is 0 Å². The molecule has 112 valence electrons. The zero-order valence-electron chi connectivity index (χ0n) is 12.0. The summed E-state index contributed by atoms with van der Waals surface area (Å²) < 4.78 is 14.7. The summed E-state index contributed by atoms with van der Waals surface area (Å²) in [5, 5.41) is 12.9. The van der Waals surface area contributed by atoms with Crippen molar-refractivity contribution in [3.8, 4) is 22.6 Å². The van der Waals surface area contributed by atoms with Crippen molar-refractivity contribution >= 4 is 11.3 Å². The van der Waals surface area contributed by atoms with Crippen LogP contribution in [0.1, 0.15) is 0 Å². The Labute approximate surface area is 131 Å². The van der Waals surface area contributed by atoms with Crippen LogP contribution in [0, 0.1) is 5.82 Å². The third kappa shape index (κ3) is 2.40. The van der Waals surface area contributed by atoms with Crippen molar-refractivity contribution in [3.05, 3.63) is 66.5 Å². The minimum atomic E-state index is -0.276. The molecule has 0 saturated heterocycles. The van der Waals surface area contributed by atoms with E-state index in [0.29, 0.717) is 22.9 Å². The van der Waals surface area contributed by atoms with E-state index in [2.05, 4.69) is 15.3 Å². The van der Waals surface area contributed by atoms with Crippen molar-refractivity contribution in [2.75, 3.05) is 5.73 Å². The van der Waals surface area contributed by atoms with E-state index in [-0.39, 0.29) is 5.82 Å². The fraction of sp³-hybridized carbons (Fsp3) is 0. The summed E-state index contributed by atoms with van der Waals surface area (Å²) in [6.45, 7) is 0. The Kier molecular flexibility index (Phi) is 3.01. The van der Waals surface area contributed by atoms with Gasteiger partial charge < -0.3 is 5.73 Å². The van der Waals surface area contributed by atoms with Crippen LogP contribution in [-0.4, -0.2) is 19.8 Å². The maximum atomic E-state index is 13.1. The number of hydrogen-bond acceptors (Lipinski definition) is 4. The molecule has 0 unspecified atom stereocenters. The number of nitrogen functional groups attached to an aromatic ring is 1. The normalized spacial score (nSPS) is 11.0. The topological polar surface area (TPSA) is 69.1 Å². The molecule has 2 aromatic carbocycles. The molecule has 0 aliphatic carbocycles. The summed E-state index contributed by atoms with van der Waals surface area (Å²) in [5.74, 6) is 0.352. The molecule has 4 aromatic rings. The number of halogens is 1. The largest absolute Gasteiger partial charge is 0.399 e. The van der Waals surface area contributed by atoms with Gasteiger partial charge in [0.15, 0.2) is 11.5 Å². The molecule has 2 heterocycles. The van der Waals surface area contributed by atoms with Gasteiger partial charge in [0.2, 0.25) is 0 Å². The van der Waals surface area contributed by atoms with E-state index in [1.54, 1.807) is 28.8 Å². The zero-order chi connectivity index (χ0) is 15.8. The minimum Gasteiger partial charge on any atom is -0.399 e. The molecule has 4 rings (SSSR count). The second-order valence-electron chi connectivity index (χ2n) is 5.14. The molecular formula is C17H12FN5. The lowest BCUT2D eigenvalue weighted by Crippen LogP contribution is -1.97. The molecule has 0 saturated carbocycles. The fourth-order valence-electron chi connectivity index (χ4n) is 2.38. The number of hydrogen-bond donors (Lipinski definition) is 1. The van der Waals surface area contributed by atoms with Gasteiger partial charge in [-0.2, -0.15) is 9.61 Å². The number of nitrogens with two attached hydrogens (primary N) is 1. The van der Waals surface area contributed by atoms with Gasteiger partial charge in [-0.25, -0.2) is 4.39 Å². The standard InChI is InChI=1S/C17H12FN5/c18-13-5-1-11(2-6-13)15-9-10-16-20-21-17(23(16)22-15)12-3-7-14(19)8-4-12/h1-10H,19H2. The lowest BCUT2D eigenvalue weighted by Gasteiger charge is -2.04. The number of aromatic nitrogens is 4. The fourth-order valence-corrected chi connectivity index (χ4v) is 2.38. The number of rotatable bonds is 2. The van der Waals surface area contributed by atoms with Crippen molar-refractivity contribution in [2.24, 2.45) is 0 Å². The first kappa shape index (κ1) is 13.4. The highest BCUT2D eigenvalue weighted by Gasteiger charge is 2.10. The molecule has 2 aromatic heterocycles. The third-order valence-corrected chi connectivity index (χ3v) is 3.57. The van der Waals surface area contributed by atoms with Crippen molar-refractivity contribution < 1.29 is 4.39 Å². The monoisotopic (exact) mass is 305 g/mol. The molecular weight excluding hydrogens is 293 g/mol.